The monoisotopic (exact) mass is 311 g/mol. The van der Waals surface area contributed by atoms with Crippen molar-refractivity contribution in [2.24, 2.45) is 5.92 Å². The molecule has 2 N–H and O–H groups in total. The molecule has 98 valence electrons. The normalized spacial score (nSPS) is 23.0. The number of phenols is 1. The number of hydrogen-bond acceptors (Lipinski definition) is 2. The number of aromatic hydroxyl groups is 1. The number of nitrogens with one attached hydrogen (secondary N) is 1. The molecule has 0 spiro atoms. The lowest BCUT2D eigenvalue weighted by atomic mass is 10.1. The van der Waals surface area contributed by atoms with E-state index in [1.807, 2.05) is 6.92 Å². The number of alkyl halides is 1. The van der Waals surface area contributed by atoms with Crippen molar-refractivity contribution in [3.05, 3.63) is 29.3 Å². The molecule has 4 heteroatoms. The fourth-order valence-corrected chi connectivity index (χ4v) is 3.15. The highest BCUT2D eigenvalue weighted by Crippen LogP contribution is 2.31. The Labute approximate surface area is 116 Å². The second-order valence-corrected chi connectivity index (χ2v) is 6.11. The average molecular weight is 312 g/mol. The molecule has 1 saturated carbocycles. The zero-order chi connectivity index (χ0) is 13.1. The lowest BCUT2D eigenvalue weighted by molar-refractivity contribution is 0.0945. The Kier molecular flexibility index (Phi) is 4.27. The SMILES string of the molecule is Cc1ccc(O)c(C(=O)NCC2CCCC2Br)c1. The van der Waals surface area contributed by atoms with Crippen molar-refractivity contribution in [2.75, 3.05) is 6.54 Å². The molecule has 1 amide bonds. The van der Waals surface area contributed by atoms with Gasteiger partial charge in [-0.05, 0) is 37.8 Å². The van der Waals surface area contributed by atoms with Crippen molar-refractivity contribution >= 4 is 21.8 Å². The van der Waals surface area contributed by atoms with Gasteiger partial charge in [-0.15, -0.1) is 0 Å². The van der Waals surface area contributed by atoms with Gasteiger partial charge < -0.3 is 10.4 Å². The lowest BCUT2D eigenvalue weighted by Crippen LogP contribution is -2.31. The maximum absolute atomic E-state index is 12.0. The number of benzene rings is 1. The van der Waals surface area contributed by atoms with Gasteiger partial charge in [0.15, 0.2) is 0 Å². The quantitative estimate of drug-likeness (QED) is 0.843. The number of phenolic OH excluding ortho intramolecular Hbond substituents is 1. The molecule has 0 aliphatic heterocycles. The number of halogens is 1. The van der Waals surface area contributed by atoms with Gasteiger partial charge in [-0.2, -0.15) is 0 Å². The van der Waals surface area contributed by atoms with Gasteiger partial charge in [0.05, 0.1) is 5.56 Å². The van der Waals surface area contributed by atoms with Crippen LogP contribution in [0.25, 0.3) is 0 Å². The summed E-state index contributed by atoms with van der Waals surface area (Å²) >= 11 is 3.64. The summed E-state index contributed by atoms with van der Waals surface area (Å²) in [6, 6.07) is 5.07. The molecule has 2 rings (SSSR count). The molecule has 0 saturated heterocycles. The molecular weight excluding hydrogens is 294 g/mol. The van der Waals surface area contributed by atoms with Crippen LogP contribution in [0.5, 0.6) is 5.75 Å². The molecule has 1 aromatic rings. The van der Waals surface area contributed by atoms with E-state index < -0.39 is 0 Å². The number of carbonyl (C=O) groups is 1. The third-order valence-corrected chi connectivity index (χ3v) is 4.69. The number of amides is 1. The first kappa shape index (κ1) is 13.4. The molecule has 2 atom stereocenters. The summed E-state index contributed by atoms with van der Waals surface area (Å²) in [7, 11) is 0. The third kappa shape index (κ3) is 3.05. The third-order valence-electron chi connectivity index (χ3n) is 3.49. The van der Waals surface area contributed by atoms with Crippen LogP contribution in [0.4, 0.5) is 0 Å². The molecule has 1 aromatic carbocycles. The molecule has 3 nitrogen and oxygen atoms in total. The minimum absolute atomic E-state index is 0.0416. The maximum Gasteiger partial charge on any atom is 0.255 e. The predicted molar refractivity (Wildman–Crippen MR) is 75.2 cm³/mol. The van der Waals surface area contributed by atoms with E-state index in [-0.39, 0.29) is 11.7 Å². The highest BCUT2D eigenvalue weighted by molar-refractivity contribution is 9.09. The van der Waals surface area contributed by atoms with E-state index >= 15 is 0 Å². The average Bonchev–Trinajstić information content (AvgIpc) is 2.75. The van der Waals surface area contributed by atoms with Gasteiger partial charge in [0, 0.05) is 11.4 Å². The highest BCUT2D eigenvalue weighted by atomic mass is 79.9. The number of hydrogen-bond donors (Lipinski definition) is 2. The minimum Gasteiger partial charge on any atom is -0.507 e. The minimum atomic E-state index is -0.192. The Morgan fingerprint density at radius 2 is 2.28 bits per heavy atom. The fourth-order valence-electron chi connectivity index (χ4n) is 2.37. The van der Waals surface area contributed by atoms with Crippen LogP contribution < -0.4 is 5.32 Å². The fraction of sp³-hybridized carbons (Fsp3) is 0.500. The van der Waals surface area contributed by atoms with Gasteiger partial charge in [0.2, 0.25) is 0 Å². The van der Waals surface area contributed by atoms with Crippen LogP contribution in [0, 0.1) is 12.8 Å². The van der Waals surface area contributed by atoms with Crippen LogP contribution >= 0.6 is 15.9 Å². The molecule has 0 radical (unpaired) electrons. The smallest absolute Gasteiger partial charge is 0.255 e. The van der Waals surface area contributed by atoms with Crippen molar-refractivity contribution in [3.63, 3.8) is 0 Å². The van der Waals surface area contributed by atoms with Crippen LogP contribution in [0.15, 0.2) is 18.2 Å². The van der Waals surface area contributed by atoms with Crippen LogP contribution in [-0.2, 0) is 0 Å². The van der Waals surface area contributed by atoms with Crippen LogP contribution in [0.2, 0.25) is 0 Å². The number of rotatable bonds is 3. The Balaban J connectivity index is 1.97. The van der Waals surface area contributed by atoms with E-state index in [2.05, 4.69) is 21.2 Å². The van der Waals surface area contributed by atoms with Crippen molar-refractivity contribution in [3.8, 4) is 5.75 Å². The molecule has 18 heavy (non-hydrogen) atoms. The van der Waals surface area contributed by atoms with Gasteiger partial charge in [-0.25, -0.2) is 0 Å². The van der Waals surface area contributed by atoms with E-state index in [0.29, 0.717) is 22.9 Å². The maximum atomic E-state index is 12.0. The molecule has 1 aliphatic rings. The first-order valence-corrected chi connectivity index (χ1v) is 7.21. The molecule has 2 unspecified atom stereocenters. The van der Waals surface area contributed by atoms with Crippen molar-refractivity contribution in [1.82, 2.24) is 5.32 Å². The zero-order valence-electron chi connectivity index (χ0n) is 10.4. The lowest BCUT2D eigenvalue weighted by Gasteiger charge is -2.15. The standard InChI is InChI=1S/C14H18BrNO2/c1-9-5-6-13(17)11(7-9)14(18)16-8-10-3-2-4-12(10)15/h5-7,10,12,17H,2-4,8H2,1H3,(H,16,18). The van der Waals surface area contributed by atoms with Gasteiger partial charge in [-0.3, -0.25) is 4.79 Å². The van der Waals surface area contributed by atoms with Crippen molar-refractivity contribution < 1.29 is 9.90 Å². The van der Waals surface area contributed by atoms with Crippen molar-refractivity contribution in [1.29, 1.82) is 0 Å². The summed E-state index contributed by atoms with van der Waals surface area (Å²) in [6.45, 7) is 2.57. The highest BCUT2D eigenvalue weighted by Gasteiger charge is 2.25. The van der Waals surface area contributed by atoms with Gasteiger partial charge in [0.25, 0.3) is 5.91 Å². The van der Waals surface area contributed by atoms with E-state index in [4.69, 9.17) is 0 Å². The van der Waals surface area contributed by atoms with E-state index in [1.165, 1.54) is 12.8 Å². The molecule has 1 fully saturated rings. The van der Waals surface area contributed by atoms with Crippen LogP contribution in [-0.4, -0.2) is 22.4 Å². The summed E-state index contributed by atoms with van der Waals surface area (Å²) < 4.78 is 0. The topological polar surface area (TPSA) is 49.3 Å². The second-order valence-electron chi connectivity index (χ2n) is 4.94. The Morgan fingerprint density at radius 3 is 2.94 bits per heavy atom. The summed E-state index contributed by atoms with van der Waals surface area (Å²) in [5.74, 6) is 0.351. The Hall–Kier alpha value is -1.03. The largest absolute Gasteiger partial charge is 0.507 e. The first-order valence-electron chi connectivity index (χ1n) is 6.30. The first-order chi connectivity index (χ1) is 8.58. The van der Waals surface area contributed by atoms with Crippen LogP contribution in [0.1, 0.15) is 35.2 Å². The Morgan fingerprint density at radius 1 is 1.50 bits per heavy atom. The number of aryl methyl sites for hydroxylation is 1. The molecule has 0 heterocycles. The van der Waals surface area contributed by atoms with Gasteiger partial charge in [0.1, 0.15) is 5.75 Å². The second kappa shape index (κ2) is 5.74. The summed E-state index contributed by atoms with van der Waals surface area (Å²) in [4.78, 5) is 12.5. The van der Waals surface area contributed by atoms with E-state index in [1.54, 1.807) is 18.2 Å². The van der Waals surface area contributed by atoms with E-state index in [0.717, 1.165) is 12.0 Å². The Bertz CT molecular complexity index is 447. The van der Waals surface area contributed by atoms with Gasteiger partial charge >= 0.3 is 0 Å². The summed E-state index contributed by atoms with van der Waals surface area (Å²) in [5.41, 5.74) is 1.33. The molecule has 1 aliphatic carbocycles. The number of carbonyl (C=O) groups excluding carboxylic acids is 1. The van der Waals surface area contributed by atoms with Crippen molar-refractivity contribution in [2.45, 2.75) is 31.0 Å². The molecule has 0 aromatic heterocycles. The summed E-state index contributed by atoms with van der Waals surface area (Å²) in [6.07, 6.45) is 3.54. The summed E-state index contributed by atoms with van der Waals surface area (Å²) in [5, 5.41) is 12.6. The van der Waals surface area contributed by atoms with Gasteiger partial charge in [-0.1, -0.05) is 34.0 Å². The molecular formula is C14H18BrNO2. The zero-order valence-corrected chi connectivity index (χ0v) is 12.0. The molecule has 0 bridgehead atoms. The predicted octanol–water partition coefficient (Wildman–Crippen LogP) is 2.99. The van der Waals surface area contributed by atoms with E-state index in [9.17, 15) is 9.90 Å². The van der Waals surface area contributed by atoms with Crippen LogP contribution in [0.3, 0.4) is 0 Å².